The molecular formula is C10H10F3NO. The van der Waals surface area contributed by atoms with Gasteiger partial charge in [0.2, 0.25) is 0 Å². The minimum absolute atomic E-state index is 0.0185. The van der Waals surface area contributed by atoms with Crippen LogP contribution in [-0.4, -0.2) is 5.78 Å². The molecule has 0 aliphatic carbocycles. The average Bonchev–Trinajstić information content (AvgIpc) is 2.00. The summed E-state index contributed by atoms with van der Waals surface area (Å²) in [5.41, 5.74) is 3.85. The summed E-state index contributed by atoms with van der Waals surface area (Å²) in [7, 11) is 0. The van der Waals surface area contributed by atoms with Crippen molar-refractivity contribution in [2.24, 2.45) is 0 Å². The predicted octanol–water partition coefficient (Wildman–Crippen LogP) is 2.80. The van der Waals surface area contributed by atoms with E-state index in [-0.39, 0.29) is 11.1 Å². The Morgan fingerprint density at radius 1 is 1.33 bits per heavy atom. The first-order valence-corrected chi connectivity index (χ1v) is 4.22. The molecule has 0 atom stereocenters. The Morgan fingerprint density at radius 3 is 2.27 bits per heavy atom. The largest absolute Gasteiger partial charge is 0.418 e. The summed E-state index contributed by atoms with van der Waals surface area (Å²) >= 11 is 0. The number of halogens is 3. The smallest absolute Gasteiger partial charge is 0.398 e. The fourth-order valence-corrected chi connectivity index (χ4v) is 1.41. The number of anilines is 1. The Morgan fingerprint density at radius 2 is 1.87 bits per heavy atom. The van der Waals surface area contributed by atoms with E-state index in [1.807, 2.05) is 0 Å². The molecule has 2 N–H and O–H groups in total. The molecule has 0 aliphatic rings. The van der Waals surface area contributed by atoms with Crippen molar-refractivity contribution in [3.63, 3.8) is 0 Å². The molecule has 82 valence electrons. The van der Waals surface area contributed by atoms with Gasteiger partial charge in [-0.15, -0.1) is 0 Å². The summed E-state index contributed by atoms with van der Waals surface area (Å²) in [5, 5.41) is 0. The molecule has 0 aliphatic heterocycles. The van der Waals surface area contributed by atoms with Gasteiger partial charge in [0.25, 0.3) is 0 Å². The fraction of sp³-hybridized carbons (Fsp3) is 0.300. The summed E-state index contributed by atoms with van der Waals surface area (Å²) in [6.45, 7) is 2.49. The Hall–Kier alpha value is -1.52. The highest BCUT2D eigenvalue weighted by Gasteiger charge is 2.35. The highest BCUT2D eigenvalue weighted by Crippen LogP contribution is 2.37. The molecule has 0 spiro atoms. The predicted molar refractivity (Wildman–Crippen MR) is 50.6 cm³/mol. The van der Waals surface area contributed by atoms with Crippen LogP contribution in [0.1, 0.15) is 28.4 Å². The van der Waals surface area contributed by atoms with E-state index in [2.05, 4.69) is 0 Å². The quantitative estimate of drug-likeness (QED) is 0.580. The van der Waals surface area contributed by atoms with Gasteiger partial charge >= 0.3 is 6.18 Å². The van der Waals surface area contributed by atoms with Gasteiger partial charge in [0, 0.05) is 5.56 Å². The van der Waals surface area contributed by atoms with Crippen molar-refractivity contribution >= 4 is 11.5 Å². The number of alkyl halides is 3. The molecule has 0 saturated carbocycles. The number of benzene rings is 1. The number of rotatable bonds is 1. The molecule has 0 bridgehead atoms. The number of hydrogen-bond acceptors (Lipinski definition) is 2. The monoisotopic (exact) mass is 217 g/mol. The van der Waals surface area contributed by atoms with Gasteiger partial charge in [0.05, 0.1) is 11.3 Å². The molecule has 0 unspecified atom stereocenters. The number of nitrogens with two attached hydrogens (primary N) is 1. The van der Waals surface area contributed by atoms with Crippen LogP contribution in [0.25, 0.3) is 0 Å². The van der Waals surface area contributed by atoms with Gasteiger partial charge in [0.15, 0.2) is 5.78 Å². The first-order valence-electron chi connectivity index (χ1n) is 4.22. The van der Waals surface area contributed by atoms with Crippen molar-refractivity contribution in [1.29, 1.82) is 0 Å². The second-order valence-electron chi connectivity index (χ2n) is 3.27. The van der Waals surface area contributed by atoms with Crippen LogP contribution in [0, 0.1) is 6.92 Å². The number of carbonyl (C=O) groups excluding carboxylic acids is 1. The first-order chi connectivity index (χ1) is 6.75. The molecule has 5 heteroatoms. The van der Waals surface area contributed by atoms with Crippen LogP contribution < -0.4 is 5.73 Å². The summed E-state index contributed by atoms with van der Waals surface area (Å²) in [6, 6.07) is 2.55. The topological polar surface area (TPSA) is 43.1 Å². The van der Waals surface area contributed by atoms with Crippen molar-refractivity contribution in [3.05, 3.63) is 28.8 Å². The van der Waals surface area contributed by atoms with E-state index in [1.165, 1.54) is 26.0 Å². The van der Waals surface area contributed by atoms with Gasteiger partial charge in [-0.2, -0.15) is 13.2 Å². The van der Waals surface area contributed by atoms with E-state index in [0.29, 0.717) is 0 Å². The Bertz CT molecular complexity index is 410. The molecule has 2 nitrogen and oxygen atoms in total. The number of aryl methyl sites for hydroxylation is 1. The maximum atomic E-state index is 12.6. The second-order valence-corrected chi connectivity index (χ2v) is 3.27. The zero-order valence-corrected chi connectivity index (χ0v) is 8.27. The third-order valence-corrected chi connectivity index (χ3v) is 2.12. The zero-order valence-electron chi connectivity index (χ0n) is 8.27. The molecule has 1 aromatic rings. The summed E-state index contributed by atoms with van der Waals surface area (Å²) in [6.07, 6.45) is -4.53. The lowest BCUT2D eigenvalue weighted by molar-refractivity contribution is -0.137. The highest BCUT2D eigenvalue weighted by molar-refractivity contribution is 6.00. The molecule has 0 fully saturated rings. The molecule has 15 heavy (non-hydrogen) atoms. The maximum absolute atomic E-state index is 12.6. The van der Waals surface area contributed by atoms with E-state index >= 15 is 0 Å². The molecule has 0 saturated heterocycles. The van der Waals surface area contributed by atoms with Crippen molar-refractivity contribution in [3.8, 4) is 0 Å². The molecule has 0 aromatic heterocycles. The first kappa shape index (κ1) is 11.6. The van der Waals surface area contributed by atoms with E-state index in [0.717, 1.165) is 0 Å². The lowest BCUT2D eigenvalue weighted by Gasteiger charge is -2.15. The molecule has 1 aromatic carbocycles. The number of hydrogen-bond donors (Lipinski definition) is 1. The minimum atomic E-state index is -4.53. The molecule has 0 radical (unpaired) electrons. The normalized spacial score (nSPS) is 11.5. The van der Waals surface area contributed by atoms with Crippen LogP contribution in [-0.2, 0) is 6.18 Å². The van der Waals surface area contributed by atoms with E-state index in [4.69, 9.17) is 5.73 Å². The highest BCUT2D eigenvalue weighted by atomic mass is 19.4. The maximum Gasteiger partial charge on any atom is 0.418 e. The fourth-order valence-electron chi connectivity index (χ4n) is 1.41. The SMILES string of the molecule is CC(=O)c1ccc(C)c(C(F)(F)F)c1N. The van der Waals surface area contributed by atoms with Gasteiger partial charge in [0.1, 0.15) is 0 Å². The van der Waals surface area contributed by atoms with E-state index in [1.54, 1.807) is 0 Å². The van der Waals surface area contributed by atoms with E-state index in [9.17, 15) is 18.0 Å². The molecule has 0 heterocycles. The lowest BCUT2D eigenvalue weighted by Crippen LogP contribution is -2.14. The summed E-state index contributed by atoms with van der Waals surface area (Å²) < 4.78 is 37.7. The summed E-state index contributed by atoms with van der Waals surface area (Å²) in [4.78, 5) is 11.0. The van der Waals surface area contributed by atoms with Gasteiger partial charge in [-0.1, -0.05) is 6.07 Å². The van der Waals surface area contributed by atoms with Crippen LogP contribution in [0.2, 0.25) is 0 Å². The number of Topliss-reactive ketones (excluding diaryl/α,β-unsaturated/α-hetero) is 1. The van der Waals surface area contributed by atoms with Gasteiger partial charge in [-0.05, 0) is 25.5 Å². The van der Waals surface area contributed by atoms with Crippen molar-refractivity contribution in [1.82, 2.24) is 0 Å². The van der Waals surface area contributed by atoms with Crippen LogP contribution in [0.15, 0.2) is 12.1 Å². The zero-order chi connectivity index (χ0) is 11.8. The summed E-state index contributed by atoms with van der Waals surface area (Å²) in [5.74, 6) is -0.474. The molecule has 1 rings (SSSR count). The van der Waals surface area contributed by atoms with Crippen LogP contribution in [0.4, 0.5) is 18.9 Å². The second kappa shape index (κ2) is 3.56. The van der Waals surface area contributed by atoms with Gasteiger partial charge in [-0.25, -0.2) is 0 Å². The van der Waals surface area contributed by atoms with Crippen LogP contribution >= 0.6 is 0 Å². The Balaban J connectivity index is 3.51. The Kier molecular flexibility index (Phi) is 2.75. The van der Waals surface area contributed by atoms with Crippen molar-refractivity contribution in [2.45, 2.75) is 20.0 Å². The van der Waals surface area contributed by atoms with Crippen molar-refractivity contribution < 1.29 is 18.0 Å². The molecular weight excluding hydrogens is 207 g/mol. The van der Waals surface area contributed by atoms with Crippen LogP contribution in [0.3, 0.4) is 0 Å². The van der Waals surface area contributed by atoms with Crippen LogP contribution in [0.5, 0.6) is 0 Å². The minimum Gasteiger partial charge on any atom is -0.398 e. The van der Waals surface area contributed by atoms with Crippen molar-refractivity contribution in [2.75, 3.05) is 5.73 Å². The van der Waals surface area contributed by atoms with Gasteiger partial charge < -0.3 is 5.73 Å². The standard InChI is InChI=1S/C10H10F3NO/c1-5-3-4-7(6(2)15)9(14)8(5)10(11,12)13/h3-4H,14H2,1-2H3. The third kappa shape index (κ3) is 2.11. The third-order valence-electron chi connectivity index (χ3n) is 2.12. The number of nitrogen functional groups attached to an aromatic ring is 1. The average molecular weight is 217 g/mol. The lowest BCUT2D eigenvalue weighted by atomic mass is 9.99. The molecule has 0 amide bonds. The number of carbonyl (C=O) groups is 1. The number of ketones is 1. The van der Waals surface area contributed by atoms with E-state index < -0.39 is 23.2 Å². The van der Waals surface area contributed by atoms with Gasteiger partial charge in [-0.3, -0.25) is 4.79 Å². The Labute approximate surface area is 84.9 Å².